The Labute approximate surface area is 150 Å². The van der Waals surface area contributed by atoms with Crippen LogP contribution in [0.2, 0.25) is 0 Å². The molecule has 0 aliphatic carbocycles. The van der Waals surface area contributed by atoms with Gasteiger partial charge in [-0.1, -0.05) is 28.1 Å². The maximum Gasteiger partial charge on any atom is 0.243 e. The number of morpholine rings is 1. The molecule has 6 heteroatoms. The second-order valence-corrected chi connectivity index (χ2v) is 6.44. The summed E-state index contributed by atoms with van der Waals surface area (Å²) in [6.07, 6.45) is 0. The molecule has 0 bridgehead atoms. The van der Waals surface area contributed by atoms with Gasteiger partial charge in [0.05, 0.1) is 31.1 Å². The van der Waals surface area contributed by atoms with Crippen LogP contribution < -0.4 is 15.5 Å². The maximum atomic E-state index is 12.1. The van der Waals surface area contributed by atoms with E-state index in [1.807, 2.05) is 42.5 Å². The van der Waals surface area contributed by atoms with Crippen molar-refractivity contribution in [2.45, 2.75) is 0 Å². The number of halogens is 1. The van der Waals surface area contributed by atoms with Crippen molar-refractivity contribution in [1.82, 2.24) is 0 Å². The molecule has 2 aromatic carbocycles. The first-order valence-corrected chi connectivity index (χ1v) is 8.73. The molecule has 1 aliphatic rings. The number of amides is 1. The molecule has 0 aromatic heterocycles. The third-order valence-electron chi connectivity index (χ3n) is 3.82. The van der Waals surface area contributed by atoms with Gasteiger partial charge in [-0.05, 0) is 36.4 Å². The van der Waals surface area contributed by atoms with Gasteiger partial charge in [0.2, 0.25) is 5.91 Å². The maximum absolute atomic E-state index is 12.1. The Hall–Kier alpha value is -2.05. The molecule has 0 radical (unpaired) electrons. The Bertz CT molecular complexity index is 685. The van der Waals surface area contributed by atoms with Gasteiger partial charge in [-0.2, -0.15) is 0 Å². The van der Waals surface area contributed by atoms with Crippen LogP contribution in [0.25, 0.3) is 0 Å². The van der Waals surface area contributed by atoms with Crippen molar-refractivity contribution < 1.29 is 9.53 Å². The number of nitrogens with zero attached hydrogens (tertiary/aromatic N) is 1. The van der Waals surface area contributed by atoms with Crippen molar-refractivity contribution in [3.8, 4) is 0 Å². The van der Waals surface area contributed by atoms with Crippen LogP contribution in [-0.2, 0) is 9.53 Å². The largest absolute Gasteiger partial charge is 0.378 e. The smallest absolute Gasteiger partial charge is 0.243 e. The van der Waals surface area contributed by atoms with E-state index in [-0.39, 0.29) is 12.5 Å². The molecular weight excluding hydrogens is 370 g/mol. The second-order valence-electron chi connectivity index (χ2n) is 5.53. The number of anilines is 3. The van der Waals surface area contributed by atoms with Crippen molar-refractivity contribution in [2.24, 2.45) is 0 Å². The van der Waals surface area contributed by atoms with Crippen LogP contribution >= 0.6 is 15.9 Å². The van der Waals surface area contributed by atoms with E-state index in [9.17, 15) is 4.79 Å². The molecule has 126 valence electrons. The highest BCUT2D eigenvalue weighted by molar-refractivity contribution is 9.10. The third kappa shape index (κ3) is 4.49. The summed E-state index contributed by atoms with van der Waals surface area (Å²) in [5.41, 5.74) is 2.86. The van der Waals surface area contributed by atoms with E-state index in [1.54, 1.807) is 0 Å². The van der Waals surface area contributed by atoms with Gasteiger partial charge in [0.1, 0.15) is 0 Å². The summed E-state index contributed by atoms with van der Waals surface area (Å²) in [6, 6.07) is 15.6. The summed E-state index contributed by atoms with van der Waals surface area (Å²) < 4.78 is 6.39. The van der Waals surface area contributed by atoms with Gasteiger partial charge < -0.3 is 20.3 Å². The van der Waals surface area contributed by atoms with E-state index in [4.69, 9.17) is 4.74 Å². The topological polar surface area (TPSA) is 53.6 Å². The number of para-hydroxylation sites is 2. The molecule has 2 N–H and O–H groups in total. The van der Waals surface area contributed by atoms with Crippen LogP contribution in [0.4, 0.5) is 17.1 Å². The molecule has 0 unspecified atom stereocenters. The minimum absolute atomic E-state index is 0.0749. The highest BCUT2D eigenvalue weighted by atomic mass is 79.9. The summed E-state index contributed by atoms with van der Waals surface area (Å²) >= 11 is 3.38. The summed E-state index contributed by atoms with van der Waals surface area (Å²) in [7, 11) is 0. The number of hydrogen-bond donors (Lipinski definition) is 2. The van der Waals surface area contributed by atoms with Crippen molar-refractivity contribution in [3.05, 3.63) is 53.0 Å². The van der Waals surface area contributed by atoms with E-state index in [0.717, 1.165) is 47.8 Å². The fraction of sp³-hybridized carbons (Fsp3) is 0.278. The quantitative estimate of drug-likeness (QED) is 0.823. The summed E-state index contributed by atoms with van der Waals surface area (Å²) in [5, 5.41) is 6.12. The van der Waals surface area contributed by atoms with Crippen LogP contribution in [0.3, 0.4) is 0 Å². The van der Waals surface area contributed by atoms with Crippen molar-refractivity contribution in [2.75, 3.05) is 48.4 Å². The molecule has 2 aromatic rings. The Balaban J connectivity index is 1.59. The zero-order valence-corrected chi connectivity index (χ0v) is 14.9. The second kappa shape index (κ2) is 8.17. The van der Waals surface area contributed by atoms with Gasteiger partial charge in [0.25, 0.3) is 0 Å². The first kappa shape index (κ1) is 16.8. The van der Waals surface area contributed by atoms with Gasteiger partial charge in [0, 0.05) is 23.2 Å². The molecule has 1 aliphatic heterocycles. The molecular formula is C18H20BrN3O2. The summed E-state index contributed by atoms with van der Waals surface area (Å²) in [6.45, 7) is 3.42. The van der Waals surface area contributed by atoms with Gasteiger partial charge in [-0.15, -0.1) is 0 Å². The van der Waals surface area contributed by atoms with Crippen LogP contribution in [-0.4, -0.2) is 38.8 Å². The van der Waals surface area contributed by atoms with Crippen LogP contribution in [0, 0.1) is 0 Å². The molecule has 5 nitrogen and oxygen atoms in total. The van der Waals surface area contributed by atoms with Crippen LogP contribution in [0.5, 0.6) is 0 Å². The SMILES string of the molecule is O=C(CNc1ccccc1N1CCOCC1)Nc1ccc(Br)cc1. The van der Waals surface area contributed by atoms with E-state index in [0.29, 0.717) is 0 Å². The summed E-state index contributed by atoms with van der Waals surface area (Å²) in [4.78, 5) is 14.4. The van der Waals surface area contributed by atoms with E-state index < -0.39 is 0 Å². The van der Waals surface area contributed by atoms with Crippen molar-refractivity contribution in [3.63, 3.8) is 0 Å². The Morgan fingerprint density at radius 3 is 2.54 bits per heavy atom. The lowest BCUT2D eigenvalue weighted by molar-refractivity contribution is -0.114. The highest BCUT2D eigenvalue weighted by Gasteiger charge is 2.14. The average Bonchev–Trinajstić information content (AvgIpc) is 2.63. The van der Waals surface area contributed by atoms with Crippen LogP contribution in [0.15, 0.2) is 53.0 Å². The minimum atomic E-state index is -0.0749. The lowest BCUT2D eigenvalue weighted by Crippen LogP contribution is -2.36. The minimum Gasteiger partial charge on any atom is -0.378 e. The average molecular weight is 390 g/mol. The molecule has 0 spiro atoms. The highest BCUT2D eigenvalue weighted by Crippen LogP contribution is 2.26. The van der Waals surface area contributed by atoms with Gasteiger partial charge in [-0.25, -0.2) is 0 Å². The first-order chi connectivity index (χ1) is 11.7. The molecule has 0 atom stereocenters. The molecule has 1 fully saturated rings. The predicted octanol–water partition coefficient (Wildman–Crippen LogP) is 3.34. The monoisotopic (exact) mass is 389 g/mol. The number of rotatable bonds is 5. The molecule has 3 rings (SSSR count). The number of carbonyl (C=O) groups is 1. The lowest BCUT2D eigenvalue weighted by atomic mass is 10.2. The third-order valence-corrected chi connectivity index (χ3v) is 4.35. The number of ether oxygens (including phenoxy) is 1. The first-order valence-electron chi connectivity index (χ1n) is 7.93. The van der Waals surface area contributed by atoms with Crippen molar-refractivity contribution in [1.29, 1.82) is 0 Å². The van der Waals surface area contributed by atoms with Gasteiger partial charge in [0.15, 0.2) is 0 Å². The number of hydrogen-bond acceptors (Lipinski definition) is 4. The number of carbonyl (C=O) groups excluding carboxylic acids is 1. The molecule has 0 saturated carbocycles. The van der Waals surface area contributed by atoms with Crippen molar-refractivity contribution >= 4 is 38.9 Å². The Kier molecular flexibility index (Phi) is 5.72. The predicted molar refractivity (Wildman–Crippen MR) is 101 cm³/mol. The molecule has 24 heavy (non-hydrogen) atoms. The van der Waals surface area contributed by atoms with Gasteiger partial charge >= 0.3 is 0 Å². The summed E-state index contributed by atoms with van der Waals surface area (Å²) in [5.74, 6) is -0.0749. The fourth-order valence-corrected chi connectivity index (χ4v) is 2.88. The van der Waals surface area contributed by atoms with E-state index in [1.165, 1.54) is 0 Å². The van der Waals surface area contributed by atoms with Crippen LogP contribution in [0.1, 0.15) is 0 Å². The van der Waals surface area contributed by atoms with E-state index in [2.05, 4.69) is 37.5 Å². The zero-order valence-electron chi connectivity index (χ0n) is 13.3. The molecule has 1 amide bonds. The van der Waals surface area contributed by atoms with E-state index >= 15 is 0 Å². The Morgan fingerprint density at radius 2 is 1.79 bits per heavy atom. The Morgan fingerprint density at radius 1 is 1.08 bits per heavy atom. The number of benzene rings is 2. The molecule has 1 heterocycles. The van der Waals surface area contributed by atoms with Gasteiger partial charge in [-0.3, -0.25) is 4.79 Å². The fourth-order valence-electron chi connectivity index (χ4n) is 2.62. The standard InChI is InChI=1S/C18H20BrN3O2/c19-14-5-7-15(8-6-14)21-18(23)13-20-16-3-1-2-4-17(16)22-9-11-24-12-10-22/h1-8,20H,9-13H2,(H,21,23). The normalized spacial score (nSPS) is 14.3. The molecule has 1 saturated heterocycles. The lowest BCUT2D eigenvalue weighted by Gasteiger charge is -2.30. The number of nitrogens with one attached hydrogen (secondary N) is 2. The zero-order chi connectivity index (χ0) is 16.8.